The summed E-state index contributed by atoms with van der Waals surface area (Å²) in [6, 6.07) is 0. The van der Waals surface area contributed by atoms with Crippen molar-refractivity contribution in [3.63, 3.8) is 0 Å². The first-order valence-electron chi connectivity index (χ1n) is 6.83. The zero-order valence-corrected chi connectivity index (χ0v) is 11.5. The maximum Gasteiger partial charge on any atom is 0.139 e. The third-order valence-corrected chi connectivity index (χ3v) is 5.29. The van der Waals surface area contributed by atoms with Crippen LogP contribution < -0.4 is 0 Å². The standard InChI is InChI=1S/C15H24O2/c1-10-5-6-12-14(2,3)9-13(17)15(12,4)8-7-11(10)16/h10,12H,5-9H2,1-4H3/t10-,12-,15-/m0/s1. The monoisotopic (exact) mass is 236 g/mol. The van der Waals surface area contributed by atoms with Gasteiger partial charge in [0.1, 0.15) is 11.6 Å². The van der Waals surface area contributed by atoms with Crippen LogP contribution in [0.2, 0.25) is 0 Å². The van der Waals surface area contributed by atoms with Crippen molar-refractivity contribution < 1.29 is 9.59 Å². The van der Waals surface area contributed by atoms with Crippen molar-refractivity contribution in [1.29, 1.82) is 0 Å². The molecule has 3 atom stereocenters. The summed E-state index contributed by atoms with van der Waals surface area (Å²) in [5.41, 5.74) is -0.120. The molecular weight excluding hydrogens is 212 g/mol. The molecule has 0 unspecified atom stereocenters. The maximum absolute atomic E-state index is 12.3. The molecule has 2 heteroatoms. The normalized spacial score (nSPS) is 41.9. The molecule has 0 spiro atoms. The van der Waals surface area contributed by atoms with Crippen LogP contribution in [0.1, 0.15) is 59.8 Å². The molecule has 2 rings (SSSR count). The highest BCUT2D eigenvalue weighted by Gasteiger charge is 2.55. The first-order valence-corrected chi connectivity index (χ1v) is 6.83. The van der Waals surface area contributed by atoms with Crippen molar-refractivity contribution >= 4 is 11.6 Å². The lowest BCUT2D eigenvalue weighted by Crippen LogP contribution is -2.36. The third-order valence-electron chi connectivity index (χ3n) is 5.29. The highest BCUT2D eigenvalue weighted by molar-refractivity contribution is 5.89. The zero-order chi connectivity index (χ0) is 12.8. The SMILES string of the molecule is C[C@H]1CC[C@H]2C(C)(C)CC(=O)[C@@]2(C)CCC1=O. The molecule has 0 amide bonds. The van der Waals surface area contributed by atoms with Crippen LogP contribution in [0, 0.1) is 22.7 Å². The zero-order valence-electron chi connectivity index (χ0n) is 11.5. The molecule has 2 aliphatic carbocycles. The number of hydrogen-bond acceptors (Lipinski definition) is 2. The van der Waals surface area contributed by atoms with E-state index < -0.39 is 0 Å². The quantitative estimate of drug-likeness (QED) is 0.646. The Hall–Kier alpha value is -0.660. The summed E-state index contributed by atoms with van der Waals surface area (Å²) in [5.74, 6) is 1.38. The van der Waals surface area contributed by atoms with Gasteiger partial charge in [0.25, 0.3) is 0 Å². The summed E-state index contributed by atoms with van der Waals surface area (Å²) >= 11 is 0. The second-order valence-corrected chi connectivity index (χ2v) is 7.00. The lowest BCUT2D eigenvalue weighted by Gasteiger charge is -2.38. The smallest absolute Gasteiger partial charge is 0.139 e. The Balaban J connectivity index is 2.30. The molecule has 0 N–H and O–H groups in total. The first kappa shape index (κ1) is 12.8. The van der Waals surface area contributed by atoms with E-state index in [0.29, 0.717) is 30.3 Å². The van der Waals surface area contributed by atoms with Gasteiger partial charge in [-0.25, -0.2) is 0 Å². The van der Waals surface area contributed by atoms with Crippen molar-refractivity contribution in [2.75, 3.05) is 0 Å². The number of carbonyl (C=O) groups is 2. The van der Waals surface area contributed by atoms with Gasteiger partial charge < -0.3 is 0 Å². The van der Waals surface area contributed by atoms with Crippen LogP contribution in [-0.4, -0.2) is 11.6 Å². The Kier molecular flexibility index (Phi) is 2.95. The minimum Gasteiger partial charge on any atom is -0.299 e. The van der Waals surface area contributed by atoms with Crippen molar-refractivity contribution in [2.24, 2.45) is 22.7 Å². The van der Waals surface area contributed by atoms with E-state index >= 15 is 0 Å². The molecule has 0 saturated heterocycles. The predicted octanol–water partition coefficient (Wildman–Crippen LogP) is 3.39. The molecule has 2 aliphatic rings. The fourth-order valence-corrected chi connectivity index (χ4v) is 4.03. The van der Waals surface area contributed by atoms with E-state index in [-0.39, 0.29) is 16.7 Å². The van der Waals surface area contributed by atoms with Crippen LogP contribution in [0.3, 0.4) is 0 Å². The van der Waals surface area contributed by atoms with Gasteiger partial charge in [0, 0.05) is 24.2 Å². The molecule has 2 fully saturated rings. The second-order valence-electron chi connectivity index (χ2n) is 7.00. The minimum absolute atomic E-state index is 0.117. The van der Waals surface area contributed by atoms with Gasteiger partial charge in [-0.2, -0.15) is 0 Å². The molecule has 0 aromatic carbocycles. The van der Waals surface area contributed by atoms with E-state index in [1.54, 1.807) is 0 Å². The number of carbonyl (C=O) groups excluding carboxylic acids is 2. The number of ketones is 2. The number of rotatable bonds is 0. The fraction of sp³-hybridized carbons (Fsp3) is 0.867. The molecule has 0 heterocycles. The molecule has 17 heavy (non-hydrogen) atoms. The van der Waals surface area contributed by atoms with Crippen LogP contribution in [0.25, 0.3) is 0 Å². The largest absolute Gasteiger partial charge is 0.299 e. The predicted molar refractivity (Wildman–Crippen MR) is 67.6 cm³/mol. The lowest BCUT2D eigenvalue weighted by atomic mass is 9.64. The average Bonchev–Trinajstić information content (AvgIpc) is 2.38. The summed E-state index contributed by atoms with van der Waals surface area (Å²) in [4.78, 5) is 24.1. The Bertz CT molecular complexity index is 356. The Morgan fingerprint density at radius 1 is 1.12 bits per heavy atom. The molecule has 2 saturated carbocycles. The molecular formula is C15H24O2. The fourth-order valence-electron chi connectivity index (χ4n) is 4.03. The van der Waals surface area contributed by atoms with Gasteiger partial charge in [0.2, 0.25) is 0 Å². The van der Waals surface area contributed by atoms with Crippen LogP contribution in [0.15, 0.2) is 0 Å². The van der Waals surface area contributed by atoms with Gasteiger partial charge in [0.15, 0.2) is 0 Å². The molecule has 0 aliphatic heterocycles. The highest BCUT2D eigenvalue weighted by atomic mass is 16.1. The molecule has 2 nitrogen and oxygen atoms in total. The summed E-state index contributed by atoms with van der Waals surface area (Å²) < 4.78 is 0. The third kappa shape index (κ3) is 1.96. The maximum atomic E-state index is 12.3. The number of fused-ring (bicyclic) bond motifs is 1. The van der Waals surface area contributed by atoms with Gasteiger partial charge in [-0.05, 0) is 30.6 Å². The van der Waals surface area contributed by atoms with Gasteiger partial charge in [-0.1, -0.05) is 27.7 Å². The average molecular weight is 236 g/mol. The molecule has 0 aromatic heterocycles. The topological polar surface area (TPSA) is 34.1 Å². The van der Waals surface area contributed by atoms with Crippen molar-refractivity contribution in [2.45, 2.75) is 59.8 Å². The molecule has 0 bridgehead atoms. The molecule has 0 aromatic rings. The highest BCUT2D eigenvalue weighted by Crippen LogP contribution is 2.56. The van der Waals surface area contributed by atoms with Gasteiger partial charge in [0.05, 0.1) is 0 Å². The van der Waals surface area contributed by atoms with E-state index in [1.165, 1.54) is 0 Å². The van der Waals surface area contributed by atoms with Crippen molar-refractivity contribution in [1.82, 2.24) is 0 Å². The van der Waals surface area contributed by atoms with E-state index in [2.05, 4.69) is 20.8 Å². The van der Waals surface area contributed by atoms with Crippen LogP contribution in [0.5, 0.6) is 0 Å². The molecule has 0 radical (unpaired) electrons. The van der Waals surface area contributed by atoms with Gasteiger partial charge in [-0.15, -0.1) is 0 Å². The van der Waals surface area contributed by atoms with E-state index in [4.69, 9.17) is 0 Å². The Morgan fingerprint density at radius 3 is 2.41 bits per heavy atom. The van der Waals surface area contributed by atoms with E-state index in [0.717, 1.165) is 19.3 Å². The number of Topliss-reactive ketones (excluding diaryl/α,β-unsaturated/α-hetero) is 2. The minimum atomic E-state index is -0.237. The number of hydrogen-bond donors (Lipinski definition) is 0. The van der Waals surface area contributed by atoms with Crippen molar-refractivity contribution in [3.05, 3.63) is 0 Å². The van der Waals surface area contributed by atoms with E-state index in [9.17, 15) is 9.59 Å². The second kappa shape index (κ2) is 3.93. The lowest BCUT2D eigenvalue weighted by molar-refractivity contribution is -0.129. The summed E-state index contributed by atoms with van der Waals surface area (Å²) in [6.45, 7) is 8.57. The van der Waals surface area contributed by atoms with Crippen LogP contribution in [-0.2, 0) is 9.59 Å². The summed E-state index contributed by atoms with van der Waals surface area (Å²) in [6.07, 6.45) is 4.04. The molecule has 96 valence electrons. The summed E-state index contributed by atoms with van der Waals surface area (Å²) in [7, 11) is 0. The Morgan fingerprint density at radius 2 is 1.76 bits per heavy atom. The van der Waals surface area contributed by atoms with Crippen molar-refractivity contribution in [3.8, 4) is 0 Å². The van der Waals surface area contributed by atoms with Gasteiger partial charge in [-0.3, -0.25) is 9.59 Å². The van der Waals surface area contributed by atoms with E-state index in [1.807, 2.05) is 6.92 Å². The Labute approximate surface area is 104 Å². The summed E-state index contributed by atoms with van der Waals surface area (Å²) in [5, 5.41) is 0. The first-order chi connectivity index (χ1) is 7.77. The van der Waals surface area contributed by atoms with Crippen LogP contribution >= 0.6 is 0 Å². The van der Waals surface area contributed by atoms with Crippen LogP contribution in [0.4, 0.5) is 0 Å². The van der Waals surface area contributed by atoms with Gasteiger partial charge >= 0.3 is 0 Å².